The molecule has 0 aliphatic heterocycles. The Morgan fingerprint density at radius 3 is 2.59 bits per heavy atom. The molecule has 1 aromatic carbocycles. The van der Waals surface area contributed by atoms with Gasteiger partial charge in [-0.05, 0) is 18.2 Å². The summed E-state index contributed by atoms with van der Waals surface area (Å²) in [6.45, 7) is 2.21. The van der Waals surface area contributed by atoms with E-state index in [0.717, 1.165) is 11.4 Å². The lowest BCUT2D eigenvalue weighted by molar-refractivity contribution is 0.215. The Labute approximate surface area is 129 Å². The molecule has 0 spiro atoms. The highest BCUT2D eigenvalue weighted by molar-refractivity contribution is 5.89. The third-order valence-electron chi connectivity index (χ3n) is 3.14. The Hall–Kier alpha value is -2.57. The zero-order valence-corrected chi connectivity index (χ0v) is 13.3. The van der Waals surface area contributed by atoms with Crippen molar-refractivity contribution in [2.45, 2.75) is 19.9 Å². The molecule has 7 nitrogen and oxygen atoms in total. The number of nitrogens with one attached hydrogen (secondary N) is 1. The summed E-state index contributed by atoms with van der Waals surface area (Å²) in [5.74, 6) is 0.999. The molecule has 0 aliphatic rings. The molecule has 0 bridgehead atoms. The summed E-state index contributed by atoms with van der Waals surface area (Å²) in [7, 11) is 5.59. The Morgan fingerprint density at radius 1 is 1.23 bits per heavy atom. The first kappa shape index (κ1) is 15.8. The Balaban J connectivity index is 1.97. The van der Waals surface area contributed by atoms with Gasteiger partial charge in [0.25, 0.3) is 0 Å². The van der Waals surface area contributed by atoms with E-state index in [1.807, 2.05) is 50.2 Å². The maximum absolute atomic E-state index is 12.2. The van der Waals surface area contributed by atoms with Gasteiger partial charge in [-0.2, -0.15) is 0 Å². The van der Waals surface area contributed by atoms with E-state index < -0.39 is 0 Å². The quantitative estimate of drug-likeness (QED) is 0.918. The third-order valence-corrected chi connectivity index (χ3v) is 3.14. The number of aryl methyl sites for hydroxylation is 1. The van der Waals surface area contributed by atoms with Gasteiger partial charge >= 0.3 is 6.03 Å². The topological polar surface area (TPSA) is 74.5 Å². The van der Waals surface area contributed by atoms with E-state index in [2.05, 4.69) is 15.5 Å². The highest BCUT2D eigenvalue weighted by Crippen LogP contribution is 2.17. The third kappa shape index (κ3) is 3.97. The smallest absolute Gasteiger partial charge is 0.322 e. The van der Waals surface area contributed by atoms with Gasteiger partial charge in [0.1, 0.15) is 6.54 Å². The SMILES string of the molecule is CCc1nnc(CN(C)C(=O)Nc2cccc(N(C)C)c2)o1. The molecule has 1 N–H and O–H groups in total. The molecule has 118 valence electrons. The minimum atomic E-state index is -0.229. The molecule has 0 saturated heterocycles. The van der Waals surface area contributed by atoms with Crippen LogP contribution in [0.1, 0.15) is 18.7 Å². The second-order valence-corrected chi connectivity index (χ2v) is 5.17. The van der Waals surface area contributed by atoms with Crippen molar-refractivity contribution >= 4 is 17.4 Å². The number of aromatic nitrogens is 2. The highest BCUT2D eigenvalue weighted by atomic mass is 16.4. The first-order valence-corrected chi connectivity index (χ1v) is 7.10. The lowest BCUT2D eigenvalue weighted by Crippen LogP contribution is -2.31. The summed E-state index contributed by atoms with van der Waals surface area (Å²) < 4.78 is 5.40. The molecule has 1 aromatic heterocycles. The second-order valence-electron chi connectivity index (χ2n) is 5.17. The van der Waals surface area contributed by atoms with Crippen molar-refractivity contribution < 1.29 is 9.21 Å². The van der Waals surface area contributed by atoms with Gasteiger partial charge in [0.15, 0.2) is 0 Å². The molecule has 0 saturated carbocycles. The van der Waals surface area contributed by atoms with Crippen LogP contribution in [0.15, 0.2) is 28.7 Å². The van der Waals surface area contributed by atoms with Crippen LogP contribution in [-0.2, 0) is 13.0 Å². The van der Waals surface area contributed by atoms with Crippen molar-refractivity contribution in [3.63, 3.8) is 0 Å². The monoisotopic (exact) mass is 303 g/mol. The van der Waals surface area contributed by atoms with Crippen LogP contribution in [-0.4, -0.2) is 42.3 Å². The van der Waals surface area contributed by atoms with Gasteiger partial charge in [0.2, 0.25) is 11.8 Å². The van der Waals surface area contributed by atoms with E-state index in [-0.39, 0.29) is 12.6 Å². The van der Waals surface area contributed by atoms with Crippen LogP contribution < -0.4 is 10.2 Å². The average Bonchev–Trinajstić information content (AvgIpc) is 2.95. The Kier molecular flexibility index (Phi) is 4.98. The molecule has 0 fully saturated rings. The van der Waals surface area contributed by atoms with Crippen LogP contribution in [0.3, 0.4) is 0 Å². The molecule has 1 heterocycles. The van der Waals surface area contributed by atoms with E-state index in [1.54, 1.807) is 7.05 Å². The number of anilines is 2. The average molecular weight is 303 g/mol. The number of carbonyl (C=O) groups excluding carboxylic acids is 1. The number of rotatable bonds is 5. The zero-order valence-electron chi connectivity index (χ0n) is 13.3. The molecule has 0 aliphatic carbocycles. The van der Waals surface area contributed by atoms with E-state index in [0.29, 0.717) is 18.2 Å². The van der Waals surface area contributed by atoms with E-state index in [9.17, 15) is 4.79 Å². The van der Waals surface area contributed by atoms with Crippen LogP contribution in [0.4, 0.5) is 16.2 Å². The number of hydrogen-bond donors (Lipinski definition) is 1. The summed E-state index contributed by atoms with van der Waals surface area (Å²) in [6, 6.07) is 7.40. The fraction of sp³-hybridized carbons (Fsp3) is 0.400. The van der Waals surface area contributed by atoms with Crippen molar-refractivity contribution in [1.29, 1.82) is 0 Å². The number of hydrogen-bond acceptors (Lipinski definition) is 5. The van der Waals surface area contributed by atoms with Crippen LogP contribution in [0.2, 0.25) is 0 Å². The van der Waals surface area contributed by atoms with Gasteiger partial charge in [-0.25, -0.2) is 4.79 Å². The fourth-order valence-electron chi connectivity index (χ4n) is 1.85. The molecule has 2 amide bonds. The molecular formula is C15H21N5O2. The summed E-state index contributed by atoms with van der Waals surface area (Å²) in [5, 5.41) is 10.6. The molecule has 2 aromatic rings. The minimum absolute atomic E-state index is 0.229. The van der Waals surface area contributed by atoms with E-state index in [4.69, 9.17) is 4.42 Å². The van der Waals surface area contributed by atoms with Gasteiger partial charge in [-0.15, -0.1) is 10.2 Å². The molecule has 0 atom stereocenters. The van der Waals surface area contributed by atoms with Crippen LogP contribution in [0.5, 0.6) is 0 Å². The standard InChI is InChI=1S/C15H21N5O2/c1-5-13-17-18-14(22-13)10-20(4)15(21)16-11-7-6-8-12(9-11)19(2)3/h6-9H,5,10H2,1-4H3,(H,16,21). The summed E-state index contributed by atoms with van der Waals surface area (Å²) in [5.41, 5.74) is 1.76. The van der Waals surface area contributed by atoms with Crippen molar-refractivity contribution in [1.82, 2.24) is 15.1 Å². The molecule has 2 rings (SSSR count). The Morgan fingerprint density at radius 2 is 1.95 bits per heavy atom. The van der Waals surface area contributed by atoms with Gasteiger partial charge in [-0.3, -0.25) is 0 Å². The van der Waals surface area contributed by atoms with Crippen LogP contribution in [0, 0.1) is 0 Å². The van der Waals surface area contributed by atoms with Crippen molar-refractivity contribution in [3.8, 4) is 0 Å². The van der Waals surface area contributed by atoms with Crippen molar-refractivity contribution in [3.05, 3.63) is 36.0 Å². The van der Waals surface area contributed by atoms with Gasteiger partial charge in [0, 0.05) is 38.9 Å². The van der Waals surface area contributed by atoms with Gasteiger partial charge in [-0.1, -0.05) is 13.0 Å². The lowest BCUT2D eigenvalue weighted by Gasteiger charge is -2.17. The Bertz CT molecular complexity index is 638. The highest BCUT2D eigenvalue weighted by Gasteiger charge is 2.13. The first-order valence-electron chi connectivity index (χ1n) is 7.10. The molecule has 0 radical (unpaired) electrons. The summed E-state index contributed by atoms with van der Waals surface area (Å²) in [6.07, 6.45) is 0.681. The lowest BCUT2D eigenvalue weighted by atomic mass is 10.2. The zero-order chi connectivity index (χ0) is 16.1. The molecule has 7 heteroatoms. The van der Waals surface area contributed by atoms with Gasteiger partial charge < -0.3 is 19.5 Å². The summed E-state index contributed by atoms with van der Waals surface area (Å²) >= 11 is 0. The largest absolute Gasteiger partial charge is 0.423 e. The number of amides is 2. The van der Waals surface area contributed by atoms with Crippen LogP contribution in [0.25, 0.3) is 0 Å². The first-order chi connectivity index (χ1) is 10.5. The van der Waals surface area contributed by atoms with E-state index in [1.165, 1.54) is 4.90 Å². The maximum Gasteiger partial charge on any atom is 0.322 e. The number of urea groups is 1. The minimum Gasteiger partial charge on any atom is -0.423 e. The predicted molar refractivity (Wildman–Crippen MR) is 84.9 cm³/mol. The fourth-order valence-corrected chi connectivity index (χ4v) is 1.85. The van der Waals surface area contributed by atoms with Crippen molar-refractivity contribution in [2.75, 3.05) is 31.4 Å². The second kappa shape index (κ2) is 6.93. The number of carbonyl (C=O) groups is 1. The van der Waals surface area contributed by atoms with E-state index >= 15 is 0 Å². The summed E-state index contributed by atoms with van der Waals surface area (Å²) in [4.78, 5) is 15.7. The molecule has 22 heavy (non-hydrogen) atoms. The molecular weight excluding hydrogens is 282 g/mol. The van der Waals surface area contributed by atoms with Gasteiger partial charge in [0.05, 0.1) is 0 Å². The number of benzene rings is 1. The van der Waals surface area contributed by atoms with Crippen molar-refractivity contribution in [2.24, 2.45) is 0 Å². The predicted octanol–water partition coefficient (Wildman–Crippen LogP) is 2.36. The van der Waals surface area contributed by atoms with Crippen LogP contribution >= 0.6 is 0 Å². The maximum atomic E-state index is 12.2. The normalized spacial score (nSPS) is 10.4. The molecule has 0 unspecified atom stereocenters. The number of nitrogens with zero attached hydrogens (tertiary/aromatic N) is 4.